The molecule has 17 heavy (non-hydrogen) atoms. The van der Waals surface area contributed by atoms with Crippen molar-refractivity contribution < 1.29 is 9.90 Å². The molecule has 0 saturated heterocycles. The Morgan fingerprint density at radius 1 is 1.35 bits per heavy atom. The summed E-state index contributed by atoms with van der Waals surface area (Å²) in [6.07, 6.45) is 4.56. The molecular formula is C14H27NO2. The maximum atomic E-state index is 11.0. The zero-order valence-corrected chi connectivity index (χ0v) is 11.6. The molecule has 1 aliphatic rings. The van der Waals surface area contributed by atoms with E-state index in [1.165, 1.54) is 6.42 Å². The predicted molar refractivity (Wildman–Crippen MR) is 70.1 cm³/mol. The molecule has 0 aromatic heterocycles. The third-order valence-electron chi connectivity index (χ3n) is 4.51. The number of nitrogens with zero attached hydrogens (tertiary/aromatic N) is 1. The largest absolute Gasteiger partial charge is 0.480 e. The van der Waals surface area contributed by atoms with Crippen LogP contribution in [0, 0.1) is 11.8 Å². The van der Waals surface area contributed by atoms with E-state index < -0.39 is 5.97 Å². The summed E-state index contributed by atoms with van der Waals surface area (Å²) in [6, 6.07) is 0.837. The van der Waals surface area contributed by atoms with Crippen LogP contribution in [0.5, 0.6) is 0 Å². The Kier molecular flexibility index (Phi) is 5.44. The van der Waals surface area contributed by atoms with Crippen LogP contribution in [-0.4, -0.2) is 34.6 Å². The van der Waals surface area contributed by atoms with Crippen molar-refractivity contribution in [1.29, 1.82) is 0 Å². The Labute approximate surface area is 105 Å². The second-order valence-corrected chi connectivity index (χ2v) is 5.74. The first kappa shape index (κ1) is 14.5. The van der Waals surface area contributed by atoms with E-state index in [1.54, 1.807) is 0 Å². The minimum Gasteiger partial charge on any atom is -0.480 e. The standard InChI is InChI=1S/C14H27NO2/c1-5-12(4)15(9-14(16)17)13-7-6-10(2)11(3)8-13/h10-13H,5-9H2,1-4H3,(H,16,17). The summed E-state index contributed by atoms with van der Waals surface area (Å²) in [5, 5.41) is 9.04. The van der Waals surface area contributed by atoms with Gasteiger partial charge in [-0.1, -0.05) is 20.8 Å². The molecule has 0 spiro atoms. The number of carboxylic acids is 1. The summed E-state index contributed by atoms with van der Waals surface area (Å²) in [6.45, 7) is 9.08. The van der Waals surface area contributed by atoms with Gasteiger partial charge in [0.2, 0.25) is 0 Å². The third kappa shape index (κ3) is 3.98. The van der Waals surface area contributed by atoms with Crippen LogP contribution >= 0.6 is 0 Å². The van der Waals surface area contributed by atoms with Crippen molar-refractivity contribution in [1.82, 2.24) is 4.90 Å². The second-order valence-electron chi connectivity index (χ2n) is 5.74. The lowest BCUT2D eigenvalue weighted by Gasteiger charge is -2.41. The van der Waals surface area contributed by atoms with E-state index in [4.69, 9.17) is 5.11 Å². The quantitative estimate of drug-likeness (QED) is 0.804. The van der Waals surface area contributed by atoms with Crippen LogP contribution in [0.2, 0.25) is 0 Å². The van der Waals surface area contributed by atoms with E-state index >= 15 is 0 Å². The average molecular weight is 241 g/mol. The molecular weight excluding hydrogens is 214 g/mol. The van der Waals surface area contributed by atoms with Crippen molar-refractivity contribution in [2.24, 2.45) is 11.8 Å². The third-order valence-corrected chi connectivity index (χ3v) is 4.51. The van der Waals surface area contributed by atoms with Gasteiger partial charge in [0.05, 0.1) is 6.54 Å². The van der Waals surface area contributed by atoms with Gasteiger partial charge in [-0.2, -0.15) is 0 Å². The highest BCUT2D eigenvalue weighted by molar-refractivity contribution is 5.69. The molecule has 1 N–H and O–H groups in total. The maximum Gasteiger partial charge on any atom is 0.317 e. The molecule has 1 fully saturated rings. The fourth-order valence-corrected chi connectivity index (χ4v) is 2.86. The summed E-state index contributed by atoms with van der Waals surface area (Å²) < 4.78 is 0. The fraction of sp³-hybridized carbons (Fsp3) is 0.929. The number of rotatable bonds is 5. The number of hydrogen-bond donors (Lipinski definition) is 1. The molecule has 1 rings (SSSR count). The summed E-state index contributed by atoms with van der Waals surface area (Å²) in [7, 11) is 0. The van der Waals surface area contributed by atoms with Gasteiger partial charge in [0.25, 0.3) is 0 Å². The van der Waals surface area contributed by atoms with Gasteiger partial charge in [-0.3, -0.25) is 9.69 Å². The van der Waals surface area contributed by atoms with Gasteiger partial charge < -0.3 is 5.11 Å². The van der Waals surface area contributed by atoms with Crippen LogP contribution in [0.3, 0.4) is 0 Å². The molecule has 1 saturated carbocycles. The molecule has 3 nitrogen and oxygen atoms in total. The minimum atomic E-state index is -0.698. The van der Waals surface area contributed by atoms with Gasteiger partial charge in [-0.25, -0.2) is 0 Å². The lowest BCUT2D eigenvalue weighted by Crippen LogP contribution is -2.47. The molecule has 0 amide bonds. The second kappa shape index (κ2) is 6.39. The molecule has 3 heteroatoms. The minimum absolute atomic E-state index is 0.195. The molecule has 4 atom stereocenters. The van der Waals surface area contributed by atoms with Gasteiger partial charge in [0.15, 0.2) is 0 Å². The van der Waals surface area contributed by atoms with Crippen LogP contribution in [-0.2, 0) is 4.79 Å². The number of carbonyl (C=O) groups is 1. The van der Waals surface area contributed by atoms with E-state index in [9.17, 15) is 4.79 Å². The van der Waals surface area contributed by atoms with E-state index in [0.29, 0.717) is 18.0 Å². The van der Waals surface area contributed by atoms with Crippen LogP contribution in [0.1, 0.15) is 53.4 Å². The molecule has 0 bridgehead atoms. The molecule has 0 aromatic carbocycles. The molecule has 100 valence electrons. The highest BCUT2D eigenvalue weighted by Gasteiger charge is 2.31. The number of hydrogen-bond acceptors (Lipinski definition) is 2. The van der Waals surface area contributed by atoms with Gasteiger partial charge in [-0.05, 0) is 44.4 Å². The normalized spacial score (nSPS) is 31.5. The van der Waals surface area contributed by atoms with Gasteiger partial charge in [0.1, 0.15) is 0 Å². The van der Waals surface area contributed by atoms with E-state index in [1.807, 2.05) is 0 Å². The molecule has 0 radical (unpaired) electrons. The Hall–Kier alpha value is -0.570. The number of carboxylic acid groups (broad SMARTS) is 1. The van der Waals surface area contributed by atoms with Crippen molar-refractivity contribution >= 4 is 5.97 Å². The van der Waals surface area contributed by atoms with Crippen LogP contribution in [0.4, 0.5) is 0 Å². The summed E-state index contributed by atoms with van der Waals surface area (Å²) >= 11 is 0. The van der Waals surface area contributed by atoms with E-state index in [0.717, 1.165) is 25.2 Å². The average Bonchev–Trinajstić information content (AvgIpc) is 2.28. The van der Waals surface area contributed by atoms with E-state index in [2.05, 4.69) is 32.6 Å². The van der Waals surface area contributed by atoms with Crippen molar-refractivity contribution in [3.05, 3.63) is 0 Å². The van der Waals surface area contributed by atoms with Crippen molar-refractivity contribution in [3.8, 4) is 0 Å². The van der Waals surface area contributed by atoms with Crippen LogP contribution in [0.25, 0.3) is 0 Å². The number of aliphatic carboxylic acids is 1. The summed E-state index contributed by atoms with van der Waals surface area (Å²) in [5.74, 6) is 0.806. The zero-order chi connectivity index (χ0) is 13.0. The first-order chi connectivity index (χ1) is 7.95. The Balaban J connectivity index is 2.66. The van der Waals surface area contributed by atoms with Crippen molar-refractivity contribution in [2.45, 2.75) is 65.5 Å². The molecule has 0 aromatic rings. The SMILES string of the molecule is CCC(C)N(CC(=O)O)C1CCC(C)C(C)C1. The fourth-order valence-electron chi connectivity index (χ4n) is 2.86. The van der Waals surface area contributed by atoms with Gasteiger partial charge >= 0.3 is 5.97 Å². The van der Waals surface area contributed by atoms with Crippen LogP contribution in [0.15, 0.2) is 0 Å². The molecule has 4 unspecified atom stereocenters. The zero-order valence-electron chi connectivity index (χ0n) is 11.6. The molecule has 1 aliphatic carbocycles. The van der Waals surface area contributed by atoms with Crippen molar-refractivity contribution in [3.63, 3.8) is 0 Å². The Morgan fingerprint density at radius 3 is 2.47 bits per heavy atom. The smallest absolute Gasteiger partial charge is 0.317 e. The van der Waals surface area contributed by atoms with E-state index in [-0.39, 0.29) is 6.54 Å². The first-order valence-electron chi connectivity index (χ1n) is 6.93. The monoisotopic (exact) mass is 241 g/mol. The Bertz CT molecular complexity index is 255. The maximum absolute atomic E-state index is 11.0. The summed E-state index contributed by atoms with van der Waals surface area (Å²) in [4.78, 5) is 13.2. The highest BCUT2D eigenvalue weighted by Crippen LogP contribution is 2.33. The molecule has 0 aliphatic heterocycles. The van der Waals surface area contributed by atoms with Crippen molar-refractivity contribution in [2.75, 3.05) is 6.54 Å². The Morgan fingerprint density at radius 2 is 2.00 bits per heavy atom. The summed E-state index contributed by atoms with van der Waals surface area (Å²) in [5.41, 5.74) is 0. The lowest BCUT2D eigenvalue weighted by atomic mass is 9.78. The topological polar surface area (TPSA) is 40.5 Å². The van der Waals surface area contributed by atoms with Crippen LogP contribution < -0.4 is 0 Å². The van der Waals surface area contributed by atoms with Gasteiger partial charge in [0, 0.05) is 12.1 Å². The molecule has 0 heterocycles. The lowest BCUT2D eigenvalue weighted by molar-refractivity contribution is -0.140. The highest BCUT2D eigenvalue weighted by atomic mass is 16.4. The van der Waals surface area contributed by atoms with Gasteiger partial charge in [-0.15, -0.1) is 0 Å². The predicted octanol–water partition coefficient (Wildman–Crippen LogP) is 3.00. The first-order valence-corrected chi connectivity index (χ1v) is 6.93.